The lowest BCUT2D eigenvalue weighted by Gasteiger charge is -2.30. The third-order valence-corrected chi connectivity index (χ3v) is 2.02. The van der Waals surface area contributed by atoms with Gasteiger partial charge in [-0.15, -0.1) is 6.58 Å². The molecular weight excluding hydrogens is 148 g/mol. The summed E-state index contributed by atoms with van der Waals surface area (Å²) in [6.07, 6.45) is 2.93. The van der Waals surface area contributed by atoms with Crippen LogP contribution in [0.4, 0.5) is 0 Å². The van der Waals surface area contributed by atoms with Gasteiger partial charge in [-0.2, -0.15) is 0 Å². The largest absolute Gasteiger partial charge is 0.329 e. The summed E-state index contributed by atoms with van der Waals surface area (Å²) in [4.78, 5) is 0. The average molecular weight is 170 g/mol. The molecule has 0 aromatic carbocycles. The van der Waals surface area contributed by atoms with Gasteiger partial charge in [-0.25, -0.2) is 0 Å². The van der Waals surface area contributed by atoms with Crippen molar-refractivity contribution >= 4 is 0 Å². The second-order valence-corrected chi connectivity index (χ2v) is 4.19. The van der Waals surface area contributed by atoms with Gasteiger partial charge in [-0.05, 0) is 18.4 Å². The molecule has 0 saturated carbocycles. The Kier molecular flexibility index (Phi) is 5.18. The maximum atomic E-state index is 5.65. The first-order valence-electron chi connectivity index (χ1n) is 4.56. The highest BCUT2D eigenvalue weighted by Crippen LogP contribution is 2.17. The predicted octanol–water partition coefficient (Wildman–Crippen LogP) is 1.53. The summed E-state index contributed by atoms with van der Waals surface area (Å²) >= 11 is 0. The highest BCUT2D eigenvalue weighted by Gasteiger charge is 2.21. The smallest absolute Gasteiger partial charge is 0.0238 e. The SMILES string of the molecule is C=CCCNC(CN)C(C)(C)C. The van der Waals surface area contributed by atoms with Gasteiger partial charge >= 0.3 is 0 Å². The Morgan fingerprint density at radius 3 is 2.42 bits per heavy atom. The number of hydrogen-bond acceptors (Lipinski definition) is 2. The van der Waals surface area contributed by atoms with E-state index in [-0.39, 0.29) is 5.41 Å². The quantitative estimate of drug-likeness (QED) is 0.485. The Balaban J connectivity index is 3.75. The van der Waals surface area contributed by atoms with Crippen LogP contribution in [0.3, 0.4) is 0 Å². The first-order valence-corrected chi connectivity index (χ1v) is 4.56. The van der Waals surface area contributed by atoms with Gasteiger partial charge in [0.05, 0.1) is 0 Å². The molecule has 0 aliphatic heterocycles. The van der Waals surface area contributed by atoms with Crippen molar-refractivity contribution in [3.8, 4) is 0 Å². The lowest BCUT2D eigenvalue weighted by atomic mass is 9.87. The zero-order chi connectivity index (χ0) is 9.61. The van der Waals surface area contributed by atoms with E-state index in [2.05, 4.69) is 32.7 Å². The molecule has 0 aromatic heterocycles. The second kappa shape index (κ2) is 5.33. The van der Waals surface area contributed by atoms with E-state index in [0.29, 0.717) is 12.6 Å². The third-order valence-electron chi connectivity index (χ3n) is 2.02. The van der Waals surface area contributed by atoms with E-state index in [0.717, 1.165) is 13.0 Å². The molecule has 1 atom stereocenters. The maximum absolute atomic E-state index is 5.65. The highest BCUT2D eigenvalue weighted by molar-refractivity contribution is 4.82. The molecule has 0 spiro atoms. The summed E-state index contributed by atoms with van der Waals surface area (Å²) < 4.78 is 0. The summed E-state index contributed by atoms with van der Waals surface area (Å²) in [5.41, 5.74) is 5.90. The lowest BCUT2D eigenvalue weighted by Crippen LogP contribution is -2.45. The van der Waals surface area contributed by atoms with Gasteiger partial charge in [-0.3, -0.25) is 0 Å². The highest BCUT2D eigenvalue weighted by atomic mass is 14.9. The Morgan fingerprint density at radius 2 is 2.08 bits per heavy atom. The van der Waals surface area contributed by atoms with E-state index in [1.807, 2.05) is 6.08 Å². The average Bonchev–Trinajstić information content (AvgIpc) is 1.95. The molecular formula is C10H22N2. The zero-order valence-electron chi connectivity index (χ0n) is 8.56. The molecule has 0 rings (SSSR count). The number of rotatable bonds is 5. The van der Waals surface area contributed by atoms with Crippen LogP contribution in [0.1, 0.15) is 27.2 Å². The topological polar surface area (TPSA) is 38.0 Å². The maximum Gasteiger partial charge on any atom is 0.0238 e. The Morgan fingerprint density at radius 1 is 1.50 bits per heavy atom. The van der Waals surface area contributed by atoms with Crippen LogP contribution < -0.4 is 11.1 Å². The van der Waals surface area contributed by atoms with Crippen molar-refractivity contribution in [2.75, 3.05) is 13.1 Å². The van der Waals surface area contributed by atoms with Crippen molar-refractivity contribution in [1.82, 2.24) is 5.32 Å². The van der Waals surface area contributed by atoms with Gasteiger partial charge in [0, 0.05) is 12.6 Å². The minimum Gasteiger partial charge on any atom is -0.329 e. The van der Waals surface area contributed by atoms with E-state index in [9.17, 15) is 0 Å². The molecule has 2 nitrogen and oxygen atoms in total. The standard InChI is InChI=1S/C10H22N2/c1-5-6-7-12-9(8-11)10(2,3)4/h5,9,12H,1,6-8,11H2,2-4H3. The van der Waals surface area contributed by atoms with Gasteiger partial charge in [0.2, 0.25) is 0 Å². The Hall–Kier alpha value is -0.340. The van der Waals surface area contributed by atoms with Crippen LogP contribution >= 0.6 is 0 Å². The molecule has 0 aliphatic carbocycles. The van der Waals surface area contributed by atoms with E-state index in [1.54, 1.807) is 0 Å². The van der Waals surface area contributed by atoms with Crippen molar-refractivity contribution in [3.63, 3.8) is 0 Å². The molecule has 1 unspecified atom stereocenters. The first kappa shape index (κ1) is 11.7. The molecule has 0 aliphatic rings. The Labute approximate surface area is 76.2 Å². The third kappa shape index (κ3) is 4.52. The minimum absolute atomic E-state index is 0.246. The monoisotopic (exact) mass is 170 g/mol. The number of nitrogens with two attached hydrogens (primary N) is 1. The second-order valence-electron chi connectivity index (χ2n) is 4.19. The molecule has 12 heavy (non-hydrogen) atoms. The molecule has 0 aromatic rings. The molecule has 0 heterocycles. The van der Waals surface area contributed by atoms with E-state index >= 15 is 0 Å². The van der Waals surface area contributed by atoms with Crippen LogP contribution in [0.15, 0.2) is 12.7 Å². The zero-order valence-corrected chi connectivity index (χ0v) is 8.56. The van der Waals surface area contributed by atoms with Crippen LogP contribution in [0.2, 0.25) is 0 Å². The van der Waals surface area contributed by atoms with Gasteiger partial charge in [-0.1, -0.05) is 26.8 Å². The summed E-state index contributed by atoms with van der Waals surface area (Å²) in [5.74, 6) is 0. The molecule has 2 heteroatoms. The summed E-state index contributed by atoms with van der Waals surface area (Å²) in [7, 11) is 0. The number of hydrogen-bond donors (Lipinski definition) is 2. The van der Waals surface area contributed by atoms with Gasteiger partial charge in [0.1, 0.15) is 0 Å². The van der Waals surface area contributed by atoms with Crippen molar-refractivity contribution in [3.05, 3.63) is 12.7 Å². The normalized spacial score (nSPS) is 14.3. The molecule has 0 fully saturated rings. The van der Waals surface area contributed by atoms with Crippen molar-refractivity contribution in [2.45, 2.75) is 33.2 Å². The fourth-order valence-electron chi connectivity index (χ4n) is 1.10. The van der Waals surface area contributed by atoms with Crippen molar-refractivity contribution < 1.29 is 0 Å². The van der Waals surface area contributed by atoms with Crippen LogP contribution in [0.5, 0.6) is 0 Å². The van der Waals surface area contributed by atoms with Crippen LogP contribution in [0, 0.1) is 5.41 Å². The summed E-state index contributed by atoms with van der Waals surface area (Å²) in [5, 5.41) is 3.41. The van der Waals surface area contributed by atoms with Crippen molar-refractivity contribution in [2.24, 2.45) is 11.1 Å². The fourth-order valence-corrected chi connectivity index (χ4v) is 1.10. The molecule has 0 saturated heterocycles. The Bertz CT molecular complexity index is 124. The van der Waals surface area contributed by atoms with E-state index < -0.39 is 0 Å². The fraction of sp³-hybridized carbons (Fsp3) is 0.800. The van der Waals surface area contributed by atoms with E-state index in [4.69, 9.17) is 5.73 Å². The molecule has 3 N–H and O–H groups in total. The lowest BCUT2D eigenvalue weighted by molar-refractivity contribution is 0.275. The van der Waals surface area contributed by atoms with Crippen LogP contribution in [-0.4, -0.2) is 19.1 Å². The first-order chi connectivity index (χ1) is 5.52. The summed E-state index contributed by atoms with van der Waals surface area (Å²) in [6, 6.07) is 0.400. The minimum atomic E-state index is 0.246. The molecule has 72 valence electrons. The van der Waals surface area contributed by atoms with E-state index in [1.165, 1.54) is 0 Å². The molecule has 0 radical (unpaired) electrons. The van der Waals surface area contributed by atoms with Crippen molar-refractivity contribution in [1.29, 1.82) is 0 Å². The molecule has 0 amide bonds. The van der Waals surface area contributed by atoms with Gasteiger partial charge in [0.15, 0.2) is 0 Å². The van der Waals surface area contributed by atoms with Gasteiger partial charge < -0.3 is 11.1 Å². The summed E-state index contributed by atoms with van der Waals surface area (Å²) in [6.45, 7) is 11.9. The van der Waals surface area contributed by atoms with Crippen LogP contribution in [-0.2, 0) is 0 Å². The molecule has 0 bridgehead atoms. The van der Waals surface area contributed by atoms with Gasteiger partial charge in [0.25, 0.3) is 0 Å². The van der Waals surface area contributed by atoms with Crippen LogP contribution in [0.25, 0.3) is 0 Å². The number of nitrogens with one attached hydrogen (secondary N) is 1. The predicted molar refractivity (Wildman–Crippen MR) is 55.1 cm³/mol.